The number of piperidine rings is 1. The Morgan fingerprint density at radius 2 is 1.85 bits per heavy atom. The Labute approximate surface area is 190 Å². The minimum atomic E-state index is -4.47. The van der Waals surface area contributed by atoms with E-state index in [2.05, 4.69) is 20.2 Å². The molecule has 2 aromatic heterocycles. The average Bonchev–Trinajstić information content (AvgIpc) is 2.82. The first-order valence-corrected chi connectivity index (χ1v) is 11.0. The zero-order chi connectivity index (χ0) is 23.3. The molecule has 1 unspecified atom stereocenters. The molecule has 0 saturated carbocycles. The van der Waals surface area contributed by atoms with Gasteiger partial charge in [-0.3, -0.25) is 0 Å². The first kappa shape index (κ1) is 23.3. The first-order valence-electron chi connectivity index (χ1n) is 11.0. The molecule has 1 saturated heterocycles. The van der Waals surface area contributed by atoms with Crippen molar-refractivity contribution in [1.82, 2.24) is 15.3 Å². The highest BCUT2D eigenvalue weighted by Gasteiger charge is 2.32. The maximum Gasteiger partial charge on any atom is 0.433 e. The van der Waals surface area contributed by atoms with E-state index in [1.54, 1.807) is 0 Å². The van der Waals surface area contributed by atoms with Crippen LogP contribution in [0.2, 0.25) is 0 Å². The summed E-state index contributed by atoms with van der Waals surface area (Å²) in [6.07, 6.45) is -1.70. The Bertz CT molecular complexity index is 1040. The molecule has 1 aliphatic rings. The maximum absolute atomic E-state index is 13.0. The summed E-state index contributed by atoms with van der Waals surface area (Å²) in [5.41, 5.74) is -0.599. The maximum atomic E-state index is 13.0. The average molecular weight is 461 g/mol. The number of ether oxygens (including phenoxy) is 1. The molecule has 1 fully saturated rings. The topological polar surface area (TPSA) is 70.5 Å². The summed E-state index contributed by atoms with van der Waals surface area (Å²) in [5.74, 6) is 1.86. The van der Waals surface area contributed by atoms with Gasteiger partial charge in [-0.05, 0) is 55.6 Å². The molecule has 4 rings (SSSR count). The van der Waals surface area contributed by atoms with Crippen LogP contribution >= 0.6 is 0 Å². The number of benzene rings is 1. The number of alkyl halides is 3. The van der Waals surface area contributed by atoms with Gasteiger partial charge >= 0.3 is 6.18 Å². The van der Waals surface area contributed by atoms with Crippen LogP contribution in [0.1, 0.15) is 18.5 Å². The van der Waals surface area contributed by atoms with Crippen LogP contribution in [0.25, 0.3) is 10.9 Å². The van der Waals surface area contributed by atoms with Gasteiger partial charge in [0.05, 0.1) is 5.52 Å². The molecule has 3 aromatic rings. The van der Waals surface area contributed by atoms with Crippen molar-refractivity contribution in [3.8, 4) is 5.75 Å². The third-order valence-corrected chi connectivity index (χ3v) is 5.80. The number of halogens is 3. The predicted octanol–water partition coefficient (Wildman–Crippen LogP) is 3.89. The summed E-state index contributed by atoms with van der Waals surface area (Å²) in [6.45, 7) is 2.99. The van der Waals surface area contributed by atoms with E-state index in [1.807, 2.05) is 30.3 Å². The number of hydrogen-bond donors (Lipinski definition) is 2. The van der Waals surface area contributed by atoms with Crippen LogP contribution < -0.4 is 15.0 Å². The highest BCUT2D eigenvalue weighted by atomic mass is 19.4. The lowest BCUT2D eigenvalue weighted by Gasteiger charge is -2.33. The van der Waals surface area contributed by atoms with Gasteiger partial charge in [0.1, 0.15) is 30.0 Å². The van der Waals surface area contributed by atoms with Gasteiger partial charge in [-0.2, -0.15) is 13.2 Å². The monoisotopic (exact) mass is 460 g/mol. The molecule has 0 radical (unpaired) electrons. The van der Waals surface area contributed by atoms with Gasteiger partial charge in [0, 0.05) is 31.2 Å². The summed E-state index contributed by atoms with van der Waals surface area (Å²) in [6, 6.07) is 13.4. The van der Waals surface area contributed by atoms with E-state index in [4.69, 9.17) is 4.74 Å². The van der Waals surface area contributed by atoms with Gasteiger partial charge in [0.2, 0.25) is 0 Å². The van der Waals surface area contributed by atoms with E-state index in [1.165, 1.54) is 18.3 Å². The third-order valence-electron chi connectivity index (χ3n) is 5.80. The molecular weight excluding hydrogens is 433 g/mol. The molecule has 176 valence electrons. The lowest BCUT2D eigenvalue weighted by atomic mass is 9.96. The standard InChI is InChI=1S/C24H27F3N4O2/c25-24(26,27)22-7-6-20-21(30-22)8-11-29-23(20)31-12-9-17(10-13-31)14-28-15-18(32)16-33-19-4-2-1-3-5-19/h1-8,11,17-18,28,32H,9-10,12-16H2. The van der Waals surface area contributed by atoms with Crippen molar-refractivity contribution in [3.05, 3.63) is 60.4 Å². The normalized spacial score (nSPS) is 16.2. The number of aliphatic hydroxyl groups is 1. The van der Waals surface area contributed by atoms with Crippen LogP contribution in [-0.4, -0.2) is 54.0 Å². The van der Waals surface area contributed by atoms with Crippen LogP contribution in [0.5, 0.6) is 5.75 Å². The largest absolute Gasteiger partial charge is 0.491 e. The number of para-hydroxylation sites is 1. The predicted molar refractivity (Wildman–Crippen MR) is 120 cm³/mol. The van der Waals surface area contributed by atoms with Crippen LogP contribution in [-0.2, 0) is 6.18 Å². The van der Waals surface area contributed by atoms with Crippen LogP contribution in [0.4, 0.5) is 19.0 Å². The van der Waals surface area contributed by atoms with Gasteiger partial charge < -0.3 is 20.1 Å². The lowest BCUT2D eigenvalue weighted by Crippen LogP contribution is -2.40. The van der Waals surface area contributed by atoms with Gasteiger partial charge in [-0.25, -0.2) is 9.97 Å². The second kappa shape index (κ2) is 10.4. The van der Waals surface area contributed by atoms with Gasteiger partial charge in [-0.15, -0.1) is 0 Å². The van der Waals surface area contributed by atoms with E-state index >= 15 is 0 Å². The van der Waals surface area contributed by atoms with Crippen molar-refractivity contribution >= 4 is 16.7 Å². The highest BCUT2D eigenvalue weighted by Crippen LogP contribution is 2.32. The number of nitrogens with one attached hydrogen (secondary N) is 1. The molecule has 3 heterocycles. The number of aromatic nitrogens is 2. The molecular formula is C24H27F3N4O2. The fraction of sp³-hybridized carbons (Fsp3) is 0.417. The summed E-state index contributed by atoms with van der Waals surface area (Å²) in [4.78, 5) is 10.3. The smallest absolute Gasteiger partial charge is 0.433 e. The van der Waals surface area contributed by atoms with Gasteiger partial charge in [-0.1, -0.05) is 18.2 Å². The van der Waals surface area contributed by atoms with E-state index in [0.717, 1.165) is 44.3 Å². The molecule has 2 N–H and O–H groups in total. The molecule has 6 nitrogen and oxygen atoms in total. The lowest BCUT2D eigenvalue weighted by molar-refractivity contribution is -0.140. The van der Waals surface area contributed by atoms with Crippen molar-refractivity contribution in [2.24, 2.45) is 5.92 Å². The number of aliphatic hydroxyl groups excluding tert-OH is 1. The molecule has 0 aliphatic carbocycles. The van der Waals surface area contributed by atoms with Crippen LogP contribution in [0.3, 0.4) is 0 Å². The summed E-state index contributed by atoms with van der Waals surface area (Å²) in [7, 11) is 0. The van der Waals surface area contributed by atoms with Gasteiger partial charge in [0.25, 0.3) is 0 Å². The van der Waals surface area contributed by atoms with Crippen molar-refractivity contribution in [1.29, 1.82) is 0 Å². The zero-order valence-electron chi connectivity index (χ0n) is 18.1. The van der Waals surface area contributed by atoms with E-state index in [-0.39, 0.29) is 6.61 Å². The second-order valence-corrected chi connectivity index (χ2v) is 8.26. The molecule has 0 amide bonds. The minimum Gasteiger partial charge on any atom is -0.491 e. The van der Waals surface area contributed by atoms with Crippen LogP contribution in [0.15, 0.2) is 54.7 Å². The Morgan fingerprint density at radius 1 is 1.09 bits per heavy atom. The number of fused-ring (bicyclic) bond motifs is 1. The SMILES string of the molecule is OC(CNCC1CCN(c2nccc3nc(C(F)(F)F)ccc23)CC1)COc1ccccc1. The molecule has 33 heavy (non-hydrogen) atoms. The summed E-state index contributed by atoms with van der Waals surface area (Å²) in [5, 5.41) is 14.1. The highest BCUT2D eigenvalue weighted by molar-refractivity contribution is 5.89. The molecule has 0 spiro atoms. The van der Waals surface area contributed by atoms with Crippen LogP contribution in [0, 0.1) is 5.92 Å². The zero-order valence-corrected chi connectivity index (χ0v) is 18.1. The Morgan fingerprint density at radius 3 is 2.58 bits per heavy atom. The Hall–Kier alpha value is -2.91. The van der Waals surface area contributed by atoms with E-state index in [9.17, 15) is 18.3 Å². The summed E-state index contributed by atoms with van der Waals surface area (Å²) < 4.78 is 44.5. The fourth-order valence-corrected chi connectivity index (χ4v) is 4.02. The third kappa shape index (κ3) is 6.11. The second-order valence-electron chi connectivity index (χ2n) is 8.26. The fourth-order valence-electron chi connectivity index (χ4n) is 4.02. The molecule has 1 aromatic carbocycles. The summed E-state index contributed by atoms with van der Waals surface area (Å²) >= 11 is 0. The van der Waals surface area contributed by atoms with Crippen molar-refractivity contribution < 1.29 is 23.0 Å². The molecule has 1 aliphatic heterocycles. The first-order chi connectivity index (χ1) is 15.9. The number of hydrogen-bond acceptors (Lipinski definition) is 6. The minimum absolute atomic E-state index is 0.228. The molecule has 1 atom stereocenters. The van der Waals surface area contributed by atoms with Crippen molar-refractivity contribution in [2.75, 3.05) is 37.7 Å². The molecule has 9 heteroatoms. The van der Waals surface area contributed by atoms with Gasteiger partial charge in [0.15, 0.2) is 0 Å². The number of pyridine rings is 2. The molecule has 0 bridgehead atoms. The van der Waals surface area contributed by atoms with E-state index in [0.29, 0.717) is 29.2 Å². The van der Waals surface area contributed by atoms with Crippen molar-refractivity contribution in [2.45, 2.75) is 25.1 Å². The Balaban J connectivity index is 1.25. The Kier molecular flexibility index (Phi) is 7.29. The number of nitrogens with zero attached hydrogens (tertiary/aromatic N) is 3. The van der Waals surface area contributed by atoms with Crippen molar-refractivity contribution in [3.63, 3.8) is 0 Å². The number of rotatable bonds is 8. The number of anilines is 1. The quantitative estimate of drug-likeness (QED) is 0.532. The van der Waals surface area contributed by atoms with E-state index < -0.39 is 18.0 Å².